The summed E-state index contributed by atoms with van der Waals surface area (Å²) in [6.07, 6.45) is 0. The Morgan fingerprint density at radius 2 is 0.800 bits per heavy atom. The molecule has 0 aromatic carbocycles. The quantitative estimate of drug-likeness (QED) is 0.275. The maximum atomic E-state index is 0. The van der Waals surface area contributed by atoms with Crippen molar-refractivity contribution >= 4 is 28.3 Å². The van der Waals surface area contributed by atoms with E-state index in [1.54, 1.807) is 0 Å². The van der Waals surface area contributed by atoms with E-state index in [4.69, 9.17) is 0 Å². The Bertz CT molecular complexity index is 9.61. The molecule has 0 aromatic heterocycles. The van der Waals surface area contributed by atoms with Crippen LogP contribution < -0.4 is 18.9 Å². The summed E-state index contributed by atoms with van der Waals surface area (Å²) in [5.41, 5.74) is 0. The zero-order valence-electron chi connectivity index (χ0n) is 2.89. The molecule has 0 spiro atoms. The van der Waals surface area contributed by atoms with Crippen molar-refractivity contribution in [2.75, 3.05) is 0 Å². The van der Waals surface area contributed by atoms with Gasteiger partial charge in [0.2, 0.25) is 0 Å². The van der Waals surface area contributed by atoms with E-state index in [9.17, 15) is 0 Å². The molecule has 16 valence electrons. The van der Waals surface area contributed by atoms with Crippen molar-refractivity contribution in [1.29, 1.82) is 0 Å². The summed E-state index contributed by atoms with van der Waals surface area (Å²) < 4.78 is 0. The largest absolute Gasteiger partial charge is 4.00 e. The molecule has 0 aliphatic heterocycles. The summed E-state index contributed by atoms with van der Waals surface area (Å²) in [6, 6.07) is 0. The first-order chi connectivity index (χ1) is 0. The Labute approximate surface area is 58.3 Å². The molecule has 0 atom stereocenters. The second-order valence-electron chi connectivity index (χ2n) is 0. The van der Waals surface area contributed by atoms with Gasteiger partial charge in [-0.1, -0.05) is 0 Å². The molecule has 0 fully saturated rings. The van der Waals surface area contributed by atoms with Crippen LogP contribution in [-0.4, -0.2) is 28.3 Å². The van der Waals surface area contributed by atoms with E-state index in [2.05, 4.69) is 0 Å². The average molecular weight is 94.0 g/mol. The van der Waals surface area contributed by atoms with Crippen LogP contribution in [0.2, 0.25) is 0 Å². The van der Waals surface area contributed by atoms with Crippen LogP contribution in [-0.2, 0) is 11.0 Å². The van der Waals surface area contributed by atoms with Gasteiger partial charge in [-0.2, -0.15) is 0 Å². The van der Waals surface area contributed by atoms with Crippen molar-refractivity contribution in [2.45, 2.75) is 0 Å². The van der Waals surface area contributed by atoms with Gasteiger partial charge in [0, 0.05) is 0 Å². The SMILES string of the molecule is [Al+3].[Li+].[O-2].[O-2].[Si+4]. The van der Waals surface area contributed by atoms with Gasteiger partial charge in [0.25, 0.3) is 0 Å². The van der Waals surface area contributed by atoms with Crippen LogP contribution in [0.3, 0.4) is 0 Å². The Kier molecular flexibility index (Phi) is 1290. The standard InChI is InChI=1S/Al.Li.2O.Si/q+3;+1;2*-2;+4. The van der Waals surface area contributed by atoms with Crippen LogP contribution in [0.25, 0.3) is 0 Å². The zero-order valence-corrected chi connectivity index (χ0v) is 5.05. The van der Waals surface area contributed by atoms with E-state index in [0.29, 0.717) is 0 Å². The van der Waals surface area contributed by atoms with Crippen LogP contribution in [0.4, 0.5) is 0 Å². The number of rotatable bonds is 0. The summed E-state index contributed by atoms with van der Waals surface area (Å²) in [5, 5.41) is 0. The minimum absolute atomic E-state index is 0. The van der Waals surface area contributed by atoms with Gasteiger partial charge in [-0.3, -0.25) is 0 Å². The van der Waals surface area contributed by atoms with Gasteiger partial charge < -0.3 is 11.0 Å². The maximum absolute atomic E-state index is 0. The monoisotopic (exact) mass is 94.0 g/mol. The molecule has 5 heavy (non-hydrogen) atoms. The molecule has 0 radical (unpaired) electrons. The van der Waals surface area contributed by atoms with Gasteiger partial charge in [0.1, 0.15) is 0 Å². The predicted octanol–water partition coefficient (Wildman–Crippen LogP) is -4.00. The zero-order chi connectivity index (χ0) is 0. The summed E-state index contributed by atoms with van der Waals surface area (Å²) >= 11 is 0. The third-order valence-electron chi connectivity index (χ3n) is 0. The first-order valence-corrected chi connectivity index (χ1v) is 0. The molecule has 0 N–H and O–H groups in total. The number of hydrogen-bond donors (Lipinski definition) is 0. The van der Waals surface area contributed by atoms with Gasteiger partial charge in [0.15, 0.2) is 0 Å². The molecule has 0 aliphatic rings. The molecule has 0 aromatic rings. The summed E-state index contributed by atoms with van der Waals surface area (Å²) in [5.74, 6) is 0. The van der Waals surface area contributed by atoms with Crippen molar-refractivity contribution in [3.8, 4) is 0 Å². The van der Waals surface area contributed by atoms with E-state index in [1.807, 2.05) is 0 Å². The fourth-order valence-electron chi connectivity index (χ4n) is 0. The average Bonchev–Trinajstić information content (AvgIpc) is 0. The van der Waals surface area contributed by atoms with Crippen molar-refractivity contribution in [3.63, 3.8) is 0 Å². The summed E-state index contributed by atoms with van der Waals surface area (Å²) in [4.78, 5) is 0. The Balaban J connectivity index is 0. The Hall–Kier alpha value is 1.27. The molecule has 0 heterocycles. The Morgan fingerprint density at radius 3 is 0.800 bits per heavy atom. The van der Waals surface area contributed by atoms with Gasteiger partial charge in [-0.15, -0.1) is 0 Å². The molecular weight excluding hydrogens is 94.0 g/mol. The minimum atomic E-state index is 0. The maximum Gasteiger partial charge on any atom is 4.00 e. The van der Waals surface area contributed by atoms with Crippen LogP contribution in [0, 0.1) is 0 Å². The first-order valence-electron chi connectivity index (χ1n) is 0. The molecule has 0 rings (SSSR count). The van der Waals surface area contributed by atoms with Gasteiger partial charge in [0.05, 0.1) is 0 Å². The van der Waals surface area contributed by atoms with Crippen molar-refractivity contribution < 1.29 is 29.8 Å². The van der Waals surface area contributed by atoms with E-state index in [1.165, 1.54) is 0 Å². The topological polar surface area (TPSA) is 57.0 Å². The molecule has 5 heteroatoms. The van der Waals surface area contributed by atoms with Crippen LogP contribution >= 0.6 is 0 Å². The van der Waals surface area contributed by atoms with Crippen molar-refractivity contribution in [3.05, 3.63) is 0 Å². The van der Waals surface area contributed by atoms with E-state index in [0.717, 1.165) is 0 Å². The molecule has 0 amide bonds. The summed E-state index contributed by atoms with van der Waals surface area (Å²) in [7, 11) is 0. The van der Waals surface area contributed by atoms with Crippen molar-refractivity contribution in [1.82, 2.24) is 0 Å². The van der Waals surface area contributed by atoms with Gasteiger partial charge in [-0.05, 0) is 0 Å². The van der Waals surface area contributed by atoms with Crippen LogP contribution in [0.15, 0.2) is 0 Å². The van der Waals surface area contributed by atoms with Crippen molar-refractivity contribution in [2.24, 2.45) is 0 Å². The first kappa shape index (κ1) is 108. The smallest absolute Gasteiger partial charge is 2.00 e. The molecule has 0 unspecified atom stereocenters. The fraction of sp³-hybridized carbons (Fsp3) is 0. The fourth-order valence-corrected chi connectivity index (χ4v) is 0. The van der Waals surface area contributed by atoms with E-state index < -0.39 is 0 Å². The third-order valence-corrected chi connectivity index (χ3v) is 0. The molecule has 2 nitrogen and oxygen atoms in total. The Morgan fingerprint density at radius 1 is 0.800 bits per heavy atom. The molecule has 0 aliphatic carbocycles. The van der Waals surface area contributed by atoms with E-state index in [-0.39, 0.29) is 58.1 Å². The van der Waals surface area contributed by atoms with E-state index >= 15 is 0 Å². The molecular formula is AlLiO2Si+4. The van der Waals surface area contributed by atoms with Gasteiger partial charge >= 0.3 is 47.2 Å². The summed E-state index contributed by atoms with van der Waals surface area (Å²) in [6.45, 7) is 0. The minimum Gasteiger partial charge on any atom is -2.00 e. The normalized spacial score (nSPS) is 0. The second-order valence-corrected chi connectivity index (χ2v) is 0. The van der Waals surface area contributed by atoms with Crippen LogP contribution in [0.1, 0.15) is 0 Å². The molecule has 0 saturated carbocycles. The molecule has 0 saturated heterocycles. The third kappa shape index (κ3) is 35.0. The predicted molar refractivity (Wildman–Crippen MR) is 12.9 cm³/mol. The van der Waals surface area contributed by atoms with Crippen LogP contribution in [0.5, 0.6) is 0 Å². The number of hydrogen-bond acceptors (Lipinski definition) is 0. The second kappa shape index (κ2) is 59.8. The molecule has 0 bridgehead atoms. The van der Waals surface area contributed by atoms with Gasteiger partial charge in [-0.25, -0.2) is 0 Å².